The van der Waals surface area contributed by atoms with E-state index in [0.29, 0.717) is 17.5 Å². The van der Waals surface area contributed by atoms with Gasteiger partial charge >= 0.3 is 0 Å². The zero-order chi connectivity index (χ0) is 10.2. The Kier molecular flexibility index (Phi) is 2.81. The number of hydrogen-bond donors (Lipinski definition) is 1. The molecule has 4 nitrogen and oxygen atoms in total. The second kappa shape index (κ2) is 3.79. The summed E-state index contributed by atoms with van der Waals surface area (Å²) in [6.45, 7) is 2.83. The lowest BCUT2D eigenvalue weighted by Gasteiger charge is -2.20. The summed E-state index contributed by atoms with van der Waals surface area (Å²) in [6.07, 6.45) is 1.97. The van der Waals surface area contributed by atoms with Crippen LogP contribution in [0.4, 0.5) is 0 Å². The van der Waals surface area contributed by atoms with Crippen LogP contribution in [0.15, 0.2) is 0 Å². The van der Waals surface area contributed by atoms with E-state index < -0.39 is 9.84 Å². The molecule has 0 aliphatic carbocycles. The summed E-state index contributed by atoms with van der Waals surface area (Å²) < 4.78 is 27.9. The largest absolute Gasteiger partial charge is 0.377 e. The van der Waals surface area contributed by atoms with Gasteiger partial charge in [-0.1, -0.05) is 0 Å². The molecule has 0 bridgehead atoms. The van der Waals surface area contributed by atoms with E-state index in [1.165, 1.54) is 0 Å². The molecule has 3 unspecified atom stereocenters. The zero-order valence-electron chi connectivity index (χ0n) is 8.40. The Morgan fingerprint density at radius 2 is 2.14 bits per heavy atom. The van der Waals surface area contributed by atoms with Crippen LogP contribution in [0.3, 0.4) is 0 Å². The summed E-state index contributed by atoms with van der Waals surface area (Å²) >= 11 is 0. The molecule has 2 aliphatic heterocycles. The second-order valence-electron chi connectivity index (χ2n) is 4.24. The molecule has 2 fully saturated rings. The first kappa shape index (κ1) is 10.4. The maximum Gasteiger partial charge on any atom is 0.151 e. The van der Waals surface area contributed by atoms with Gasteiger partial charge in [0.15, 0.2) is 9.84 Å². The van der Waals surface area contributed by atoms with Crippen molar-refractivity contribution >= 4 is 9.84 Å². The van der Waals surface area contributed by atoms with E-state index >= 15 is 0 Å². The van der Waals surface area contributed by atoms with E-state index in [1.54, 1.807) is 0 Å². The van der Waals surface area contributed by atoms with E-state index in [-0.39, 0.29) is 12.1 Å². The molecule has 0 amide bonds. The predicted molar refractivity (Wildman–Crippen MR) is 54.0 cm³/mol. The van der Waals surface area contributed by atoms with E-state index in [0.717, 1.165) is 19.4 Å². The SMILES string of the molecule is CC1OCCC1NC1CCS(=O)(=O)C1. The van der Waals surface area contributed by atoms with Crippen molar-refractivity contribution in [3.63, 3.8) is 0 Å². The van der Waals surface area contributed by atoms with Gasteiger partial charge in [-0.05, 0) is 19.8 Å². The highest BCUT2D eigenvalue weighted by Gasteiger charge is 2.32. The van der Waals surface area contributed by atoms with Crippen LogP contribution in [-0.2, 0) is 14.6 Å². The van der Waals surface area contributed by atoms with Crippen LogP contribution < -0.4 is 5.32 Å². The monoisotopic (exact) mass is 219 g/mol. The minimum Gasteiger partial charge on any atom is -0.377 e. The van der Waals surface area contributed by atoms with Gasteiger partial charge in [0.05, 0.1) is 17.6 Å². The molecule has 2 saturated heterocycles. The normalized spacial score (nSPS) is 41.6. The smallest absolute Gasteiger partial charge is 0.151 e. The minimum absolute atomic E-state index is 0.147. The number of hydrogen-bond acceptors (Lipinski definition) is 4. The van der Waals surface area contributed by atoms with Crippen LogP contribution in [0.2, 0.25) is 0 Å². The molecule has 3 atom stereocenters. The fourth-order valence-electron chi connectivity index (χ4n) is 2.18. The van der Waals surface area contributed by atoms with Crippen LogP contribution in [-0.4, -0.2) is 44.7 Å². The standard InChI is InChI=1S/C9H17NO3S/c1-7-9(2-4-13-7)10-8-3-5-14(11,12)6-8/h7-10H,2-6H2,1H3. The lowest BCUT2D eigenvalue weighted by atomic mass is 10.1. The molecule has 0 saturated carbocycles. The third-order valence-corrected chi connectivity index (χ3v) is 4.83. The van der Waals surface area contributed by atoms with Crippen LogP contribution in [0.25, 0.3) is 0 Å². The van der Waals surface area contributed by atoms with Crippen LogP contribution in [0.1, 0.15) is 19.8 Å². The van der Waals surface area contributed by atoms with Crippen molar-refractivity contribution in [2.24, 2.45) is 0 Å². The topological polar surface area (TPSA) is 55.4 Å². The van der Waals surface area contributed by atoms with Gasteiger partial charge in [0, 0.05) is 18.7 Å². The lowest BCUT2D eigenvalue weighted by molar-refractivity contribution is 0.111. The van der Waals surface area contributed by atoms with Crippen molar-refractivity contribution in [1.29, 1.82) is 0 Å². The maximum absolute atomic E-state index is 11.2. The van der Waals surface area contributed by atoms with Crippen molar-refractivity contribution in [2.45, 2.75) is 38.0 Å². The molecule has 2 heterocycles. The third-order valence-electron chi connectivity index (χ3n) is 3.06. The van der Waals surface area contributed by atoms with E-state index in [2.05, 4.69) is 5.32 Å². The molecule has 0 aromatic carbocycles. The first-order valence-electron chi connectivity index (χ1n) is 5.15. The van der Waals surface area contributed by atoms with Gasteiger partial charge in [0.1, 0.15) is 0 Å². The Hall–Kier alpha value is -0.130. The summed E-state index contributed by atoms with van der Waals surface area (Å²) in [6, 6.07) is 0.488. The number of ether oxygens (including phenoxy) is 1. The molecule has 1 N–H and O–H groups in total. The van der Waals surface area contributed by atoms with Crippen molar-refractivity contribution in [1.82, 2.24) is 5.32 Å². The van der Waals surface area contributed by atoms with Crippen LogP contribution >= 0.6 is 0 Å². The molecule has 2 rings (SSSR count). The summed E-state index contributed by atoms with van der Waals surface area (Å²) in [5.41, 5.74) is 0. The highest BCUT2D eigenvalue weighted by Crippen LogP contribution is 2.17. The number of rotatable bonds is 2. The maximum atomic E-state index is 11.2. The van der Waals surface area contributed by atoms with E-state index in [4.69, 9.17) is 4.74 Å². The molecular weight excluding hydrogens is 202 g/mol. The molecule has 0 aromatic heterocycles. The van der Waals surface area contributed by atoms with Crippen LogP contribution in [0.5, 0.6) is 0 Å². The second-order valence-corrected chi connectivity index (χ2v) is 6.47. The fraction of sp³-hybridized carbons (Fsp3) is 1.00. The summed E-state index contributed by atoms with van der Waals surface area (Å²) in [7, 11) is -2.76. The Labute approximate surface area is 84.9 Å². The highest BCUT2D eigenvalue weighted by molar-refractivity contribution is 7.91. The van der Waals surface area contributed by atoms with Gasteiger partial charge in [-0.3, -0.25) is 0 Å². The Morgan fingerprint density at radius 3 is 2.64 bits per heavy atom. The van der Waals surface area contributed by atoms with E-state index in [9.17, 15) is 8.42 Å². The van der Waals surface area contributed by atoms with Crippen molar-refractivity contribution in [3.05, 3.63) is 0 Å². The molecule has 2 aliphatic rings. The summed E-state index contributed by atoms with van der Waals surface area (Å²) in [5, 5.41) is 3.38. The van der Waals surface area contributed by atoms with Gasteiger partial charge < -0.3 is 10.1 Å². The molecular formula is C9H17NO3S. The first-order valence-corrected chi connectivity index (χ1v) is 6.97. The fourth-order valence-corrected chi connectivity index (χ4v) is 3.87. The van der Waals surface area contributed by atoms with Gasteiger partial charge in [-0.15, -0.1) is 0 Å². The third kappa shape index (κ3) is 2.27. The minimum atomic E-state index is -2.76. The number of sulfone groups is 1. The Morgan fingerprint density at radius 1 is 1.36 bits per heavy atom. The van der Waals surface area contributed by atoms with Gasteiger partial charge in [-0.25, -0.2) is 8.42 Å². The molecule has 0 aromatic rings. The lowest BCUT2D eigenvalue weighted by Crippen LogP contribution is -2.42. The van der Waals surface area contributed by atoms with Crippen LogP contribution in [0, 0.1) is 0 Å². The molecule has 0 spiro atoms. The van der Waals surface area contributed by atoms with Gasteiger partial charge in [0.2, 0.25) is 0 Å². The molecule has 5 heteroatoms. The number of nitrogens with one attached hydrogen (secondary N) is 1. The van der Waals surface area contributed by atoms with Gasteiger partial charge in [-0.2, -0.15) is 0 Å². The summed E-state index contributed by atoms with van der Waals surface area (Å²) in [4.78, 5) is 0. The zero-order valence-corrected chi connectivity index (χ0v) is 9.22. The first-order chi connectivity index (χ1) is 6.57. The summed E-state index contributed by atoms with van der Waals surface area (Å²) in [5.74, 6) is 0.642. The van der Waals surface area contributed by atoms with Gasteiger partial charge in [0.25, 0.3) is 0 Å². The predicted octanol–water partition coefficient (Wildman–Crippen LogP) is -0.0595. The molecule has 0 radical (unpaired) electrons. The molecule has 82 valence electrons. The highest BCUT2D eigenvalue weighted by atomic mass is 32.2. The Bertz CT molecular complexity index is 301. The van der Waals surface area contributed by atoms with Crippen molar-refractivity contribution in [2.75, 3.05) is 18.1 Å². The quantitative estimate of drug-likeness (QED) is 0.707. The van der Waals surface area contributed by atoms with Crippen molar-refractivity contribution < 1.29 is 13.2 Å². The van der Waals surface area contributed by atoms with Crippen molar-refractivity contribution in [3.8, 4) is 0 Å². The average Bonchev–Trinajstić information content (AvgIpc) is 2.61. The average molecular weight is 219 g/mol. The van der Waals surface area contributed by atoms with E-state index in [1.807, 2.05) is 6.92 Å². The Balaban J connectivity index is 1.87. The molecule has 14 heavy (non-hydrogen) atoms.